The SMILES string of the molecule is CCC(c1ccc(C(=O)NCc2nn[nH]n2)cc1)N1C(=O)C(c2ccc(F)cc2)=NC12CC(C)CC(C)C2. The second-order valence-electron chi connectivity index (χ2n) is 10.5. The molecule has 0 bridgehead atoms. The molecule has 1 spiro atoms. The number of halogens is 1. The number of aromatic nitrogens is 4. The summed E-state index contributed by atoms with van der Waals surface area (Å²) in [6.07, 6.45) is 3.34. The zero-order valence-electron chi connectivity index (χ0n) is 21.8. The molecule has 2 heterocycles. The molecule has 198 valence electrons. The Kier molecular flexibility index (Phi) is 7.05. The van der Waals surface area contributed by atoms with E-state index in [-0.39, 0.29) is 30.2 Å². The van der Waals surface area contributed by atoms with Crippen molar-refractivity contribution >= 4 is 17.5 Å². The Balaban J connectivity index is 1.44. The summed E-state index contributed by atoms with van der Waals surface area (Å²) in [6, 6.07) is 13.1. The van der Waals surface area contributed by atoms with E-state index in [1.54, 1.807) is 24.3 Å². The van der Waals surface area contributed by atoms with E-state index in [1.807, 2.05) is 17.0 Å². The van der Waals surface area contributed by atoms with Gasteiger partial charge in [0, 0.05) is 11.1 Å². The molecule has 1 fully saturated rings. The Morgan fingerprint density at radius 3 is 2.42 bits per heavy atom. The number of amides is 2. The highest BCUT2D eigenvalue weighted by Crippen LogP contribution is 2.48. The first-order valence-corrected chi connectivity index (χ1v) is 13.1. The molecule has 5 rings (SSSR count). The summed E-state index contributed by atoms with van der Waals surface area (Å²) in [7, 11) is 0. The van der Waals surface area contributed by atoms with Crippen molar-refractivity contribution in [1.29, 1.82) is 0 Å². The first-order valence-electron chi connectivity index (χ1n) is 13.1. The molecule has 0 saturated heterocycles. The molecule has 9 nitrogen and oxygen atoms in total. The number of carbonyl (C=O) groups excluding carboxylic acids is 2. The van der Waals surface area contributed by atoms with E-state index in [2.05, 4.69) is 46.7 Å². The monoisotopic (exact) mass is 517 g/mol. The van der Waals surface area contributed by atoms with Crippen molar-refractivity contribution in [1.82, 2.24) is 30.8 Å². The molecule has 1 saturated carbocycles. The molecule has 10 heteroatoms. The van der Waals surface area contributed by atoms with Gasteiger partial charge in [-0.3, -0.25) is 14.6 Å². The lowest BCUT2D eigenvalue weighted by molar-refractivity contribution is -0.134. The minimum atomic E-state index is -0.654. The molecule has 2 N–H and O–H groups in total. The maximum Gasteiger partial charge on any atom is 0.275 e. The molecule has 3 aromatic rings. The summed E-state index contributed by atoms with van der Waals surface area (Å²) < 4.78 is 13.6. The van der Waals surface area contributed by atoms with Crippen LogP contribution in [-0.4, -0.2) is 48.7 Å². The van der Waals surface area contributed by atoms with Gasteiger partial charge in [0.25, 0.3) is 11.8 Å². The number of tetrazole rings is 1. The lowest BCUT2D eigenvalue weighted by atomic mass is 9.75. The van der Waals surface area contributed by atoms with Crippen LogP contribution in [0.1, 0.15) is 79.8 Å². The topological polar surface area (TPSA) is 116 Å². The number of carbonyl (C=O) groups is 2. The van der Waals surface area contributed by atoms with Gasteiger partial charge < -0.3 is 10.2 Å². The lowest BCUT2D eigenvalue weighted by Crippen LogP contribution is -2.52. The number of H-pyrrole nitrogens is 1. The van der Waals surface area contributed by atoms with E-state index in [0.717, 1.165) is 24.8 Å². The van der Waals surface area contributed by atoms with E-state index >= 15 is 0 Å². The molecule has 1 aliphatic carbocycles. The third kappa shape index (κ3) is 4.94. The van der Waals surface area contributed by atoms with Gasteiger partial charge in [0.15, 0.2) is 5.82 Å². The number of rotatable bonds is 7. The molecular formula is C28H32FN7O2. The fourth-order valence-electron chi connectivity index (χ4n) is 6.12. The predicted octanol–water partition coefficient (Wildman–Crippen LogP) is 4.20. The summed E-state index contributed by atoms with van der Waals surface area (Å²) in [4.78, 5) is 33.8. The summed E-state index contributed by atoms with van der Waals surface area (Å²) in [6.45, 7) is 6.66. The van der Waals surface area contributed by atoms with Gasteiger partial charge in [-0.1, -0.05) is 38.1 Å². The van der Waals surface area contributed by atoms with Gasteiger partial charge in [-0.15, -0.1) is 10.2 Å². The number of hydrogen-bond donors (Lipinski definition) is 2. The van der Waals surface area contributed by atoms with Gasteiger partial charge in [-0.25, -0.2) is 4.39 Å². The average molecular weight is 518 g/mol. The van der Waals surface area contributed by atoms with E-state index in [9.17, 15) is 14.0 Å². The van der Waals surface area contributed by atoms with Gasteiger partial charge in [0.05, 0.1) is 12.6 Å². The molecule has 0 radical (unpaired) electrons. The Bertz CT molecular complexity index is 1310. The third-order valence-electron chi connectivity index (χ3n) is 7.52. The standard InChI is InChI=1S/C28H32FN7O2/c1-4-23(19-5-7-21(8-6-19)26(37)30-16-24-32-34-35-33-24)36-27(38)25(20-9-11-22(29)12-10-20)31-28(36)14-17(2)13-18(3)15-28/h5-12,17-18,23H,4,13-16H2,1-3H3,(H,30,37)(H,32,33,34,35). The smallest absolute Gasteiger partial charge is 0.275 e. The molecule has 1 aromatic heterocycles. The quantitative estimate of drug-likeness (QED) is 0.487. The van der Waals surface area contributed by atoms with E-state index in [1.165, 1.54) is 12.1 Å². The number of aromatic amines is 1. The number of benzene rings is 2. The Labute approximate surface area is 220 Å². The van der Waals surface area contributed by atoms with Crippen molar-refractivity contribution in [2.75, 3.05) is 0 Å². The highest BCUT2D eigenvalue weighted by Gasteiger charge is 2.52. The largest absolute Gasteiger partial charge is 0.345 e. The van der Waals surface area contributed by atoms with Crippen molar-refractivity contribution in [3.05, 3.63) is 76.9 Å². The summed E-state index contributed by atoms with van der Waals surface area (Å²) in [5.74, 6) is 0.485. The number of nitrogens with zero attached hydrogens (tertiary/aromatic N) is 5. The molecular weight excluding hydrogens is 485 g/mol. The van der Waals surface area contributed by atoms with E-state index in [4.69, 9.17) is 4.99 Å². The number of nitrogens with one attached hydrogen (secondary N) is 2. The Morgan fingerprint density at radius 2 is 1.82 bits per heavy atom. The highest BCUT2D eigenvalue weighted by atomic mass is 19.1. The molecule has 3 unspecified atom stereocenters. The van der Waals surface area contributed by atoms with Crippen LogP contribution in [0.5, 0.6) is 0 Å². The van der Waals surface area contributed by atoms with Crippen LogP contribution in [0.2, 0.25) is 0 Å². The van der Waals surface area contributed by atoms with Crippen molar-refractivity contribution in [2.45, 2.75) is 64.7 Å². The Hall–Kier alpha value is -3.95. The van der Waals surface area contributed by atoms with Crippen LogP contribution in [0.15, 0.2) is 53.5 Å². The molecule has 38 heavy (non-hydrogen) atoms. The van der Waals surface area contributed by atoms with Crippen molar-refractivity contribution in [2.24, 2.45) is 16.8 Å². The van der Waals surface area contributed by atoms with Crippen LogP contribution >= 0.6 is 0 Å². The summed E-state index contributed by atoms with van der Waals surface area (Å²) in [5.41, 5.74) is 1.81. The second kappa shape index (κ2) is 10.4. The summed E-state index contributed by atoms with van der Waals surface area (Å²) in [5, 5.41) is 16.3. The number of hydrogen-bond acceptors (Lipinski definition) is 6. The highest BCUT2D eigenvalue weighted by molar-refractivity contribution is 6.46. The fraction of sp³-hybridized carbons (Fsp3) is 0.429. The maximum atomic E-state index is 14.0. The summed E-state index contributed by atoms with van der Waals surface area (Å²) >= 11 is 0. The fourth-order valence-corrected chi connectivity index (χ4v) is 6.12. The molecule has 2 amide bonds. The van der Waals surface area contributed by atoms with Crippen LogP contribution in [-0.2, 0) is 11.3 Å². The van der Waals surface area contributed by atoms with Crippen molar-refractivity contribution in [3.8, 4) is 0 Å². The van der Waals surface area contributed by atoms with Gasteiger partial charge in [0.1, 0.15) is 17.2 Å². The average Bonchev–Trinajstić information content (AvgIpc) is 3.51. The van der Waals surface area contributed by atoms with Crippen molar-refractivity contribution in [3.63, 3.8) is 0 Å². The minimum absolute atomic E-state index is 0.133. The normalized spacial score (nSPS) is 23.9. The second-order valence-corrected chi connectivity index (χ2v) is 10.5. The van der Waals surface area contributed by atoms with Gasteiger partial charge in [-0.05, 0) is 79.5 Å². The zero-order chi connectivity index (χ0) is 26.9. The Morgan fingerprint density at radius 1 is 1.13 bits per heavy atom. The molecule has 3 atom stereocenters. The van der Waals surface area contributed by atoms with Crippen LogP contribution in [0.3, 0.4) is 0 Å². The third-order valence-corrected chi connectivity index (χ3v) is 7.52. The first-order chi connectivity index (χ1) is 18.3. The van der Waals surface area contributed by atoms with Crippen LogP contribution in [0.25, 0.3) is 0 Å². The van der Waals surface area contributed by atoms with E-state index < -0.39 is 5.66 Å². The predicted molar refractivity (Wildman–Crippen MR) is 140 cm³/mol. The van der Waals surface area contributed by atoms with Gasteiger partial charge >= 0.3 is 0 Å². The van der Waals surface area contributed by atoms with Crippen molar-refractivity contribution < 1.29 is 14.0 Å². The minimum Gasteiger partial charge on any atom is -0.345 e. The van der Waals surface area contributed by atoms with Gasteiger partial charge in [0.2, 0.25) is 0 Å². The lowest BCUT2D eigenvalue weighted by Gasteiger charge is -2.47. The van der Waals surface area contributed by atoms with Crippen LogP contribution in [0.4, 0.5) is 4.39 Å². The van der Waals surface area contributed by atoms with Gasteiger partial charge in [-0.2, -0.15) is 5.21 Å². The zero-order valence-corrected chi connectivity index (χ0v) is 21.8. The first kappa shape index (κ1) is 25.7. The van der Waals surface area contributed by atoms with E-state index in [0.29, 0.717) is 40.9 Å². The van der Waals surface area contributed by atoms with Crippen LogP contribution in [0, 0.1) is 17.7 Å². The molecule has 2 aromatic carbocycles. The molecule has 1 aliphatic heterocycles. The maximum absolute atomic E-state index is 14.0. The van der Waals surface area contributed by atoms with Crippen LogP contribution < -0.4 is 5.32 Å². The molecule has 2 aliphatic rings. The number of aliphatic imine (C=N–C) groups is 1.